The number of nitrogens with one attached hydrogen (secondary N) is 2. The van der Waals surface area contributed by atoms with Crippen LogP contribution in [-0.2, 0) is 16.4 Å². The number of hydrogen-bond acceptors (Lipinski definition) is 4. The van der Waals surface area contributed by atoms with Crippen molar-refractivity contribution in [3.05, 3.63) is 82.9 Å². The zero-order valence-corrected chi connectivity index (χ0v) is 15.3. The van der Waals surface area contributed by atoms with Crippen LogP contribution in [0.3, 0.4) is 0 Å². The zero-order chi connectivity index (χ0) is 18.7. The monoisotopic (exact) mass is 369 g/mol. The molecule has 0 spiro atoms. The van der Waals surface area contributed by atoms with Crippen LogP contribution in [0.2, 0.25) is 0 Å². The molecule has 1 aromatic carbocycles. The van der Waals surface area contributed by atoms with E-state index in [1.54, 1.807) is 18.5 Å². The van der Waals surface area contributed by atoms with Gasteiger partial charge in [-0.05, 0) is 43.2 Å². The molecule has 0 unspecified atom stereocenters. The Balaban J connectivity index is 1.96. The molecule has 0 saturated carbocycles. The normalized spacial score (nSPS) is 11.3. The average Bonchev–Trinajstić information content (AvgIpc) is 3.11. The van der Waals surface area contributed by atoms with Crippen molar-refractivity contribution in [2.45, 2.75) is 25.2 Å². The number of aryl methyl sites for hydroxylation is 2. The highest BCUT2D eigenvalue weighted by Crippen LogP contribution is 2.21. The molecule has 7 heteroatoms. The van der Waals surface area contributed by atoms with Gasteiger partial charge in [-0.15, -0.1) is 0 Å². The number of pyridine rings is 1. The second-order valence-electron chi connectivity index (χ2n) is 6.09. The molecule has 0 radical (unpaired) electrons. The van der Waals surface area contributed by atoms with Crippen LogP contribution in [-0.4, -0.2) is 24.3 Å². The van der Waals surface area contributed by atoms with Crippen molar-refractivity contribution in [3.8, 4) is 0 Å². The van der Waals surface area contributed by atoms with E-state index in [1.807, 2.05) is 32.0 Å². The van der Waals surface area contributed by atoms with Crippen LogP contribution in [0.4, 0.5) is 0 Å². The van der Waals surface area contributed by atoms with Crippen LogP contribution in [0.15, 0.2) is 59.9 Å². The summed E-state index contributed by atoms with van der Waals surface area (Å²) >= 11 is 0. The van der Waals surface area contributed by atoms with Gasteiger partial charge in [0.25, 0.3) is 15.9 Å². The second kappa shape index (κ2) is 7.13. The van der Waals surface area contributed by atoms with E-state index in [2.05, 4.69) is 14.7 Å². The molecule has 26 heavy (non-hydrogen) atoms. The number of carbonyl (C=O) groups is 1. The third-order valence-electron chi connectivity index (χ3n) is 4.07. The second-order valence-corrected chi connectivity index (χ2v) is 7.74. The van der Waals surface area contributed by atoms with Gasteiger partial charge in [0.15, 0.2) is 0 Å². The summed E-state index contributed by atoms with van der Waals surface area (Å²) in [7, 11) is -4.01. The first-order valence-electron chi connectivity index (χ1n) is 8.07. The molecular formula is C19H19N3O3S. The molecule has 3 rings (SSSR count). The smallest absolute Gasteiger partial charge is 0.266 e. The van der Waals surface area contributed by atoms with E-state index < -0.39 is 15.9 Å². The first-order valence-corrected chi connectivity index (χ1v) is 9.55. The highest BCUT2D eigenvalue weighted by molar-refractivity contribution is 7.90. The highest BCUT2D eigenvalue weighted by atomic mass is 32.2. The van der Waals surface area contributed by atoms with E-state index in [4.69, 9.17) is 0 Å². The maximum atomic E-state index is 12.8. The van der Waals surface area contributed by atoms with Crippen molar-refractivity contribution in [3.63, 3.8) is 0 Å². The number of rotatable bonds is 5. The highest BCUT2D eigenvalue weighted by Gasteiger charge is 2.22. The lowest BCUT2D eigenvalue weighted by Gasteiger charge is -2.13. The van der Waals surface area contributed by atoms with Crippen LogP contribution in [0.5, 0.6) is 0 Å². The van der Waals surface area contributed by atoms with E-state index in [9.17, 15) is 13.2 Å². The Hall–Kier alpha value is -2.93. The fourth-order valence-corrected chi connectivity index (χ4v) is 3.89. The van der Waals surface area contributed by atoms with E-state index >= 15 is 0 Å². The first-order chi connectivity index (χ1) is 12.4. The molecule has 1 amide bonds. The summed E-state index contributed by atoms with van der Waals surface area (Å²) in [5, 5.41) is 0. The topological polar surface area (TPSA) is 91.9 Å². The molecule has 3 aromatic rings. The first kappa shape index (κ1) is 17.9. The number of hydrogen-bond donors (Lipinski definition) is 2. The fourth-order valence-electron chi connectivity index (χ4n) is 2.69. The lowest BCUT2D eigenvalue weighted by atomic mass is 10.0. The molecule has 0 atom stereocenters. The van der Waals surface area contributed by atoms with Gasteiger partial charge in [0.05, 0.1) is 10.5 Å². The van der Waals surface area contributed by atoms with Crippen molar-refractivity contribution in [1.82, 2.24) is 14.7 Å². The molecule has 0 fully saturated rings. The van der Waals surface area contributed by atoms with Gasteiger partial charge >= 0.3 is 0 Å². The van der Waals surface area contributed by atoms with Crippen LogP contribution in [0, 0.1) is 13.8 Å². The maximum absolute atomic E-state index is 12.8. The Morgan fingerprint density at radius 1 is 1.19 bits per heavy atom. The number of benzene rings is 1. The molecule has 0 aliphatic heterocycles. The van der Waals surface area contributed by atoms with Crippen molar-refractivity contribution in [2.75, 3.05) is 0 Å². The minimum atomic E-state index is -4.01. The van der Waals surface area contributed by atoms with Crippen molar-refractivity contribution < 1.29 is 13.2 Å². The molecule has 2 N–H and O–H groups in total. The predicted octanol–water partition coefficient (Wildman–Crippen LogP) is 2.74. The van der Waals surface area contributed by atoms with Gasteiger partial charge in [-0.2, -0.15) is 0 Å². The van der Waals surface area contributed by atoms with Gasteiger partial charge in [-0.1, -0.05) is 23.8 Å². The molecule has 6 nitrogen and oxygen atoms in total. The van der Waals surface area contributed by atoms with Crippen molar-refractivity contribution in [1.29, 1.82) is 0 Å². The molecule has 0 aliphatic rings. The number of amides is 1. The van der Waals surface area contributed by atoms with Gasteiger partial charge in [0.2, 0.25) is 0 Å². The summed E-state index contributed by atoms with van der Waals surface area (Å²) in [4.78, 5) is 19.3. The van der Waals surface area contributed by atoms with E-state index in [0.29, 0.717) is 12.0 Å². The minimum Gasteiger partial charge on any atom is -0.367 e. The van der Waals surface area contributed by atoms with E-state index in [-0.39, 0.29) is 10.5 Å². The summed E-state index contributed by atoms with van der Waals surface area (Å²) in [6.45, 7) is 3.82. The van der Waals surface area contributed by atoms with Gasteiger partial charge in [-0.25, -0.2) is 13.1 Å². The Bertz CT molecular complexity index is 1040. The molecule has 0 aliphatic carbocycles. The number of aromatic nitrogens is 2. The summed E-state index contributed by atoms with van der Waals surface area (Å²) in [5.74, 6) is -0.674. The van der Waals surface area contributed by atoms with Gasteiger partial charge < -0.3 is 4.98 Å². The average molecular weight is 369 g/mol. The molecule has 2 heterocycles. The van der Waals surface area contributed by atoms with Crippen molar-refractivity contribution >= 4 is 15.9 Å². The molecule has 0 bridgehead atoms. The SMILES string of the molecule is Cc1ccc(S(=O)(=O)NC(=O)c2cc[nH]c2)c(Cc2ncccc2C)c1. The maximum Gasteiger partial charge on any atom is 0.266 e. The molecule has 2 aromatic heterocycles. The molecule has 134 valence electrons. The standard InChI is InChI=1S/C19H19N3O3S/c1-13-5-6-18(16(10-13)11-17-14(2)4-3-8-21-17)26(24,25)22-19(23)15-7-9-20-12-15/h3-10,12,20H,11H2,1-2H3,(H,22,23). The largest absolute Gasteiger partial charge is 0.367 e. The van der Waals surface area contributed by atoms with Crippen LogP contribution >= 0.6 is 0 Å². The van der Waals surface area contributed by atoms with E-state index in [0.717, 1.165) is 16.8 Å². The summed E-state index contributed by atoms with van der Waals surface area (Å²) in [6, 6.07) is 10.3. The summed E-state index contributed by atoms with van der Waals surface area (Å²) in [5.41, 5.74) is 3.56. The van der Waals surface area contributed by atoms with Gasteiger partial charge in [0.1, 0.15) is 0 Å². The number of H-pyrrole nitrogens is 1. The van der Waals surface area contributed by atoms with Crippen LogP contribution < -0.4 is 4.72 Å². The number of nitrogens with zero attached hydrogens (tertiary/aromatic N) is 1. The lowest BCUT2D eigenvalue weighted by molar-refractivity contribution is 0.0981. The Morgan fingerprint density at radius 2 is 2.00 bits per heavy atom. The van der Waals surface area contributed by atoms with Crippen LogP contribution in [0.25, 0.3) is 0 Å². The zero-order valence-electron chi connectivity index (χ0n) is 14.5. The fraction of sp³-hybridized carbons (Fsp3) is 0.158. The Kier molecular flexibility index (Phi) is 4.90. The van der Waals surface area contributed by atoms with Gasteiger partial charge in [0, 0.05) is 30.7 Å². The van der Waals surface area contributed by atoms with Crippen molar-refractivity contribution in [2.24, 2.45) is 0 Å². The Morgan fingerprint density at radius 3 is 2.69 bits per heavy atom. The van der Waals surface area contributed by atoms with Gasteiger partial charge in [-0.3, -0.25) is 9.78 Å². The lowest BCUT2D eigenvalue weighted by Crippen LogP contribution is -2.31. The summed E-state index contributed by atoms with van der Waals surface area (Å²) < 4.78 is 27.7. The minimum absolute atomic E-state index is 0.0806. The number of carbonyl (C=O) groups excluding carboxylic acids is 1. The quantitative estimate of drug-likeness (QED) is 0.723. The molecular weight excluding hydrogens is 350 g/mol. The predicted molar refractivity (Wildman–Crippen MR) is 98.4 cm³/mol. The van der Waals surface area contributed by atoms with Crippen LogP contribution in [0.1, 0.15) is 32.7 Å². The third kappa shape index (κ3) is 3.83. The van der Waals surface area contributed by atoms with E-state index in [1.165, 1.54) is 18.3 Å². The number of aromatic amines is 1. The number of sulfonamides is 1. The summed E-state index contributed by atoms with van der Waals surface area (Å²) in [6.07, 6.45) is 5.05. The molecule has 0 saturated heterocycles. The third-order valence-corrected chi connectivity index (χ3v) is 5.50. The Labute approximate surface area is 152 Å².